The Hall–Kier alpha value is -0.520. The second-order valence-corrected chi connectivity index (χ2v) is 2.53. The Morgan fingerprint density at radius 2 is 2.36 bits per heavy atom. The minimum Gasteiger partial charge on any atom is -0.389 e. The SMILES string of the molecule is OC(CS)C(O)c1ncc[nH]1. The van der Waals surface area contributed by atoms with Crippen LogP contribution in [0.1, 0.15) is 11.9 Å². The van der Waals surface area contributed by atoms with Crippen LogP contribution in [0, 0.1) is 0 Å². The Bertz CT molecular complexity index is 202. The molecule has 0 aliphatic rings. The molecule has 11 heavy (non-hydrogen) atoms. The molecule has 0 aromatic carbocycles. The normalized spacial score (nSPS) is 16.3. The Kier molecular flexibility index (Phi) is 2.92. The van der Waals surface area contributed by atoms with Crippen LogP contribution >= 0.6 is 12.6 Å². The van der Waals surface area contributed by atoms with Crippen molar-refractivity contribution in [2.24, 2.45) is 0 Å². The lowest BCUT2D eigenvalue weighted by Crippen LogP contribution is -2.20. The molecular weight excluding hydrogens is 164 g/mol. The maximum Gasteiger partial charge on any atom is 0.138 e. The zero-order chi connectivity index (χ0) is 8.27. The van der Waals surface area contributed by atoms with Gasteiger partial charge < -0.3 is 15.2 Å². The predicted octanol–water partition coefficient (Wildman–Crippen LogP) is -0.266. The maximum atomic E-state index is 9.29. The summed E-state index contributed by atoms with van der Waals surface area (Å²) in [7, 11) is 0. The van der Waals surface area contributed by atoms with Gasteiger partial charge in [-0.2, -0.15) is 12.6 Å². The molecule has 0 aliphatic carbocycles. The standard InChI is InChI=1S/C6H10N2O2S/c9-4(3-11)5(10)6-7-1-2-8-6/h1-2,4-5,9-11H,3H2,(H,7,8). The van der Waals surface area contributed by atoms with Gasteiger partial charge in [0.05, 0.1) is 6.10 Å². The molecule has 1 aromatic heterocycles. The first kappa shape index (κ1) is 8.58. The predicted molar refractivity (Wildman–Crippen MR) is 43.4 cm³/mol. The van der Waals surface area contributed by atoms with Crippen LogP contribution in [0.4, 0.5) is 0 Å². The minimum atomic E-state index is -0.970. The molecule has 4 nitrogen and oxygen atoms in total. The van der Waals surface area contributed by atoms with E-state index in [1.165, 1.54) is 6.20 Å². The second kappa shape index (κ2) is 3.75. The highest BCUT2D eigenvalue weighted by Gasteiger charge is 2.18. The summed E-state index contributed by atoms with van der Waals surface area (Å²) < 4.78 is 0. The van der Waals surface area contributed by atoms with Gasteiger partial charge in [-0.1, -0.05) is 0 Å². The Balaban J connectivity index is 2.62. The average Bonchev–Trinajstić information content (AvgIpc) is 2.53. The number of imidazole rings is 1. The third-order valence-electron chi connectivity index (χ3n) is 1.35. The van der Waals surface area contributed by atoms with Gasteiger partial charge in [0.15, 0.2) is 0 Å². The van der Waals surface area contributed by atoms with E-state index in [4.69, 9.17) is 5.11 Å². The average molecular weight is 174 g/mol. The highest BCUT2D eigenvalue weighted by atomic mass is 32.1. The molecule has 0 bridgehead atoms. The number of aromatic nitrogens is 2. The van der Waals surface area contributed by atoms with Gasteiger partial charge in [0, 0.05) is 18.1 Å². The number of nitrogens with zero attached hydrogens (tertiary/aromatic N) is 1. The van der Waals surface area contributed by atoms with Crippen LogP contribution in [0.5, 0.6) is 0 Å². The fraction of sp³-hybridized carbons (Fsp3) is 0.500. The van der Waals surface area contributed by atoms with Crippen molar-refractivity contribution in [3.8, 4) is 0 Å². The number of thiol groups is 1. The summed E-state index contributed by atoms with van der Waals surface area (Å²) in [4.78, 5) is 6.48. The van der Waals surface area contributed by atoms with Crippen molar-refractivity contribution in [3.05, 3.63) is 18.2 Å². The fourth-order valence-corrected chi connectivity index (χ4v) is 0.921. The largest absolute Gasteiger partial charge is 0.389 e. The lowest BCUT2D eigenvalue weighted by atomic mass is 10.2. The van der Waals surface area contributed by atoms with Gasteiger partial charge in [-0.3, -0.25) is 0 Å². The number of hydrogen-bond donors (Lipinski definition) is 4. The van der Waals surface area contributed by atoms with Gasteiger partial charge in [0.2, 0.25) is 0 Å². The van der Waals surface area contributed by atoms with Crippen molar-refractivity contribution < 1.29 is 10.2 Å². The van der Waals surface area contributed by atoms with Gasteiger partial charge in [0.25, 0.3) is 0 Å². The number of aromatic amines is 1. The maximum absolute atomic E-state index is 9.29. The molecule has 0 saturated heterocycles. The van der Waals surface area contributed by atoms with E-state index >= 15 is 0 Å². The van der Waals surface area contributed by atoms with Gasteiger partial charge in [0.1, 0.15) is 11.9 Å². The lowest BCUT2D eigenvalue weighted by Gasteiger charge is -2.12. The zero-order valence-electron chi connectivity index (χ0n) is 5.81. The van der Waals surface area contributed by atoms with Crippen molar-refractivity contribution in [1.29, 1.82) is 0 Å². The molecule has 0 amide bonds. The van der Waals surface area contributed by atoms with Crippen LogP contribution in [0.3, 0.4) is 0 Å². The second-order valence-electron chi connectivity index (χ2n) is 2.17. The summed E-state index contributed by atoms with van der Waals surface area (Å²) in [6.07, 6.45) is 1.26. The molecule has 0 spiro atoms. The number of aliphatic hydroxyl groups is 2. The molecule has 1 heterocycles. The van der Waals surface area contributed by atoms with E-state index in [-0.39, 0.29) is 5.75 Å². The van der Waals surface area contributed by atoms with Crippen LogP contribution in [0.2, 0.25) is 0 Å². The molecule has 3 N–H and O–H groups in total. The number of aliphatic hydroxyl groups excluding tert-OH is 2. The molecule has 0 aliphatic heterocycles. The summed E-state index contributed by atoms with van der Waals surface area (Å²) in [5.41, 5.74) is 0. The zero-order valence-corrected chi connectivity index (χ0v) is 6.70. The number of nitrogens with one attached hydrogen (secondary N) is 1. The van der Waals surface area contributed by atoms with E-state index in [0.29, 0.717) is 5.82 Å². The van der Waals surface area contributed by atoms with E-state index in [1.54, 1.807) is 6.20 Å². The third kappa shape index (κ3) is 1.95. The van der Waals surface area contributed by atoms with Crippen LogP contribution in [-0.4, -0.2) is 32.0 Å². The fourth-order valence-electron chi connectivity index (χ4n) is 0.721. The van der Waals surface area contributed by atoms with Crippen LogP contribution < -0.4 is 0 Å². The minimum absolute atomic E-state index is 0.210. The smallest absolute Gasteiger partial charge is 0.138 e. The van der Waals surface area contributed by atoms with E-state index in [0.717, 1.165) is 0 Å². The molecule has 0 saturated carbocycles. The number of hydrogen-bond acceptors (Lipinski definition) is 4. The van der Waals surface area contributed by atoms with Crippen molar-refractivity contribution in [3.63, 3.8) is 0 Å². The van der Waals surface area contributed by atoms with E-state index < -0.39 is 12.2 Å². The molecule has 2 atom stereocenters. The molecule has 62 valence electrons. The summed E-state index contributed by atoms with van der Waals surface area (Å²) in [6, 6.07) is 0. The van der Waals surface area contributed by atoms with Crippen LogP contribution in [-0.2, 0) is 0 Å². The quantitative estimate of drug-likeness (QED) is 0.477. The van der Waals surface area contributed by atoms with Gasteiger partial charge in [-0.25, -0.2) is 4.98 Å². The van der Waals surface area contributed by atoms with Crippen molar-refractivity contribution in [2.45, 2.75) is 12.2 Å². The van der Waals surface area contributed by atoms with Gasteiger partial charge >= 0.3 is 0 Å². The molecule has 0 radical (unpaired) electrons. The van der Waals surface area contributed by atoms with Crippen LogP contribution in [0.15, 0.2) is 12.4 Å². The summed E-state index contributed by atoms with van der Waals surface area (Å²) in [5, 5.41) is 18.4. The summed E-state index contributed by atoms with van der Waals surface area (Å²) in [6.45, 7) is 0. The molecule has 1 aromatic rings. The van der Waals surface area contributed by atoms with Gasteiger partial charge in [-0.15, -0.1) is 0 Å². The summed E-state index contributed by atoms with van der Waals surface area (Å²) >= 11 is 3.83. The van der Waals surface area contributed by atoms with Crippen molar-refractivity contribution in [1.82, 2.24) is 9.97 Å². The molecule has 2 unspecified atom stereocenters. The van der Waals surface area contributed by atoms with E-state index in [9.17, 15) is 5.11 Å². The highest BCUT2D eigenvalue weighted by Crippen LogP contribution is 2.12. The highest BCUT2D eigenvalue weighted by molar-refractivity contribution is 7.80. The topological polar surface area (TPSA) is 69.1 Å². The van der Waals surface area contributed by atoms with Crippen molar-refractivity contribution in [2.75, 3.05) is 5.75 Å². The Morgan fingerprint density at radius 3 is 2.82 bits per heavy atom. The molecule has 0 fully saturated rings. The summed E-state index contributed by atoms with van der Waals surface area (Å²) in [5.74, 6) is 0.577. The monoisotopic (exact) mass is 174 g/mol. The van der Waals surface area contributed by atoms with Crippen LogP contribution in [0.25, 0.3) is 0 Å². The first-order chi connectivity index (χ1) is 5.25. The molecule has 5 heteroatoms. The molecule has 1 rings (SSSR count). The molecular formula is C6H10N2O2S. The first-order valence-corrected chi connectivity index (χ1v) is 3.85. The number of H-pyrrole nitrogens is 1. The van der Waals surface area contributed by atoms with E-state index in [2.05, 4.69) is 22.6 Å². The van der Waals surface area contributed by atoms with Gasteiger partial charge in [-0.05, 0) is 0 Å². The lowest BCUT2D eigenvalue weighted by molar-refractivity contribution is 0.0286. The van der Waals surface area contributed by atoms with Crippen molar-refractivity contribution >= 4 is 12.6 Å². The first-order valence-electron chi connectivity index (χ1n) is 3.22. The van der Waals surface area contributed by atoms with E-state index in [1.807, 2.05) is 0 Å². The Morgan fingerprint density at radius 1 is 1.64 bits per heavy atom. The number of rotatable bonds is 3. The Labute approximate surface area is 69.7 Å². The third-order valence-corrected chi connectivity index (χ3v) is 1.73.